The second-order valence-corrected chi connectivity index (χ2v) is 6.78. The molecule has 0 spiro atoms. The second kappa shape index (κ2) is 8.06. The molecular weight excluding hydrogens is 391 g/mol. The molecule has 0 radical (unpaired) electrons. The van der Waals surface area contributed by atoms with Gasteiger partial charge in [0.05, 0.1) is 30.0 Å². The van der Waals surface area contributed by atoms with E-state index in [4.69, 9.17) is 32.7 Å². The van der Waals surface area contributed by atoms with Crippen LogP contribution in [-0.4, -0.2) is 32.6 Å². The molecule has 2 aromatic carbocycles. The van der Waals surface area contributed by atoms with Crippen molar-refractivity contribution in [3.63, 3.8) is 0 Å². The minimum absolute atomic E-state index is 0.0626. The van der Waals surface area contributed by atoms with Crippen molar-refractivity contribution in [2.45, 2.75) is 12.8 Å². The third kappa shape index (κ3) is 3.96. The number of halogens is 2. The van der Waals surface area contributed by atoms with Gasteiger partial charge in [-0.3, -0.25) is 9.59 Å². The molecule has 0 saturated carbocycles. The molecule has 0 atom stereocenters. The number of hydrogen-bond donors (Lipinski definition) is 1. The Balaban J connectivity index is 1.83. The highest BCUT2D eigenvalue weighted by Crippen LogP contribution is 2.35. The van der Waals surface area contributed by atoms with E-state index in [1.54, 1.807) is 23.1 Å². The van der Waals surface area contributed by atoms with E-state index >= 15 is 0 Å². The molecule has 3 rings (SSSR count). The highest BCUT2D eigenvalue weighted by Gasteiger charge is 2.24. The normalized spacial score (nSPS) is 13.6. The molecule has 142 valence electrons. The maximum atomic E-state index is 12.5. The van der Waals surface area contributed by atoms with Crippen molar-refractivity contribution in [1.29, 1.82) is 0 Å². The number of ether oxygens (including phenoxy) is 2. The predicted molar refractivity (Wildman–Crippen MR) is 106 cm³/mol. The summed E-state index contributed by atoms with van der Waals surface area (Å²) >= 11 is 12.2. The van der Waals surface area contributed by atoms with Crippen LogP contribution in [0.15, 0.2) is 30.3 Å². The maximum absolute atomic E-state index is 12.5. The molecule has 1 N–H and O–H groups in total. The Morgan fingerprint density at radius 1 is 1.11 bits per heavy atom. The van der Waals surface area contributed by atoms with E-state index in [-0.39, 0.29) is 21.9 Å². The van der Waals surface area contributed by atoms with Gasteiger partial charge in [0, 0.05) is 30.3 Å². The average molecular weight is 409 g/mol. The molecule has 1 aliphatic rings. The first-order valence-corrected chi connectivity index (χ1v) is 9.03. The van der Waals surface area contributed by atoms with Crippen molar-refractivity contribution in [2.24, 2.45) is 0 Å². The van der Waals surface area contributed by atoms with E-state index in [2.05, 4.69) is 5.32 Å². The van der Waals surface area contributed by atoms with Crippen LogP contribution in [0.4, 0.5) is 11.4 Å². The fourth-order valence-electron chi connectivity index (χ4n) is 2.97. The van der Waals surface area contributed by atoms with Crippen molar-refractivity contribution < 1.29 is 19.1 Å². The fourth-order valence-corrected chi connectivity index (χ4v) is 3.61. The predicted octanol–water partition coefficient (Wildman–Crippen LogP) is 4.39. The van der Waals surface area contributed by atoms with Crippen LogP contribution < -0.4 is 19.7 Å². The molecule has 6 nitrogen and oxygen atoms in total. The van der Waals surface area contributed by atoms with Crippen LogP contribution in [0.1, 0.15) is 23.2 Å². The quantitative estimate of drug-likeness (QED) is 0.796. The van der Waals surface area contributed by atoms with Crippen LogP contribution >= 0.6 is 23.2 Å². The Bertz CT molecular complexity index is 878. The number of amides is 2. The molecular formula is C19H18Cl2N2O4. The fraction of sp³-hybridized carbons (Fsp3) is 0.263. The van der Waals surface area contributed by atoms with Gasteiger partial charge in [0.1, 0.15) is 5.75 Å². The van der Waals surface area contributed by atoms with E-state index in [0.29, 0.717) is 41.4 Å². The van der Waals surface area contributed by atoms with Crippen LogP contribution in [0.5, 0.6) is 11.5 Å². The van der Waals surface area contributed by atoms with E-state index < -0.39 is 0 Å². The highest BCUT2D eigenvalue weighted by molar-refractivity contribution is 6.37. The number of nitrogens with one attached hydrogen (secondary N) is 1. The number of benzene rings is 2. The molecule has 0 unspecified atom stereocenters. The number of nitrogens with zero attached hydrogens (tertiary/aromatic N) is 1. The second-order valence-electron chi connectivity index (χ2n) is 5.96. The third-order valence-electron chi connectivity index (χ3n) is 4.27. The number of carbonyl (C=O) groups is 2. The molecule has 0 aliphatic carbocycles. The molecule has 27 heavy (non-hydrogen) atoms. The Morgan fingerprint density at radius 3 is 2.37 bits per heavy atom. The van der Waals surface area contributed by atoms with E-state index in [0.717, 1.165) is 6.42 Å². The zero-order chi connectivity index (χ0) is 19.6. The molecule has 8 heteroatoms. The highest BCUT2D eigenvalue weighted by atomic mass is 35.5. The maximum Gasteiger partial charge on any atom is 0.255 e. The van der Waals surface area contributed by atoms with Gasteiger partial charge in [-0.25, -0.2) is 0 Å². The summed E-state index contributed by atoms with van der Waals surface area (Å²) < 4.78 is 10.5. The summed E-state index contributed by atoms with van der Waals surface area (Å²) in [5, 5.41) is 3.27. The van der Waals surface area contributed by atoms with Crippen molar-refractivity contribution in [3.8, 4) is 11.5 Å². The Labute approximate surface area is 167 Å². The van der Waals surface area contributed by atoms with Crippen LogP contribution in [0.2, 0.25) is 10.0 Å². The van der Waals surface area contributed by atoms with Gasteiger partial charge < -0.3 is 19.7 Å². The van der Waals surface area contributed by atoms with Crippen molar-refractivity contribution >= 4 is 46.4 Å². The topological polar surface area (TPSA) is 67.9 Å². The minimum Gasteiger partial charge on any atom is -0.494 e. The van der Waals surface area contributed by atoms with Crippen LogP contribution in [-0.2, 0) is 4.79 Å². The summed E-state index contributed by atoms with van der Waals surface area (Å²) in [6.07, 6.45) is 1.35. The SMILES string of the molecule is COc1cc(NC(=O)c2cc(Cl)c(OC)c(Cl)c2)ccc1N1CCCC1=O. The van der Waals surface area contributed by atoms with Crippen molar-refractivity contribution in [2.75, 3.05) is 31.0 Å². The van der Waals surface area contributed by atoms with E-state index in [1.165, 1.54) is 26.4 Å². The lowest BCUT2D eigenvalue weighted by Crippen LogP contribution is -2.24. The van der Waals surface area contributed by atoms with Gasteiger partial charge in [-0.05, 0) is 30.7 Å². The van der Waals surface area contributed by atoms with Gasteiger partial charge in [-0.15, -0.1) is 0 Å². The lowest BCUT2D eigenvalue weighted by molar-refractivity contribution is -0.117. The molecule has 0 aromatic heterocycles. The van der Waals surface area contributed by atoms with Crippen molar-refractivity contribution in [1.82, 2.24) is 0 Å². The van der Waals surface area contributed by atoms with E-state index in [9.17, 15) is 9.59 Å². The smallest absolute Gasteiger partial charge is 0.255 e. The first-order valence-electron chi connectivity index (χ1n) is 8.27. The van der Waals surface area contributed by atoms with Crippen LogP contribution in [0, 0.1) is 0 Å². The van der Waals surface area contributed by atoms with Gasteiger partial charge in [-0.2, -0.15) is 0 Å². The van der Waals surface area contributed by atoms with Crippen LogP contribution in [0.3, 0.4) is 0 Å². The van der Waals surface area contributed by atoms with Crippen LogP contribution in [0.25, 0.3) is 0 Å². The molecule has 1 saturated heterocycles. The lowest BCUT2D eigenvalue weighted by Gasteiger charge is -2.19. The number of carbonyl (C=O) groups excluding carboxylic acids is 2. The third-order valence-corrected chi connectivity index (χ3v) is 4.83. The standard InChI is InChI=1S/C19H18Cl2N2O4/c1-26-16-10-12(5-6-15(16)23-7-3-4-17(23)24)22-19(25)11-8-13(20)18(27-2)14(21)9-11/h5-6,8-10H,3-4,7H2,1-2H3,(H,22,25). The Morgan fingerprint density at radius 2 is 1.81 bits per heavy atom. The monoisotopic (exact) mass is 408 g/mol. The molecule has 2 aromatic rings. The molecule has 2 amide bonds. The molecule has 1 fully saturated rings. The zero-order valence-electron chi connectivity index (χ0n) is 14.8. The number of hydrogen-bond acceptors (Lipinski definition) is 4. The number of anilines is 2. The summed E-state index contributed by atoms with van der Waals surface area (Å²) in [7, 11) is 2.97. The first kappa shape index (κ1) is 19.3. The zero-order valence-corrected chi connectivity index (χ0v) is 16.4. The number of rotatable bonds is 5. The minimum atomic E-state index is -0.381. The summed E-state index contributed by atoms with van der Waals surface area (Å²) in [4.78, 5) is 26.2. The van der Waals surface area contributed by atoms with Gasteiger partial charge in [0.25, 0.3) is 5.91 Å². The van der Waals surface area contributed by atoms with Crippen molar-refractivity contribution in [3.05, 3.63) is 45.9 Å². The van der Waals surface area contributed by atoms with Gasteiger partial charge in [0.2, 0.25) is 5.91 Å². The lowest BCUT2D eigenvalue weighted by atomic mass is 10.2. The summed E-state index contributed by atoms with van der Waals surface area (Å²) in [5.41, 5.74) is 1.51. The number of methoxy groups -OCH3 is 2. The van der Waals surface area contributed by atoms with Gasteiger partial charge >= 0.3 is 0 Å². The molecule has 0 bridgehead atoms. The van der Waals surface area contributed by atoms with Gasteiger partial charge in [-0.1, -0.05) is 23.2 Å². The Hall–Kier alpha value is -2.44. The summed E-state index contributed by atoms with van der Waals surface area (Å²) in [5.74, 6) is 0.506. The Kier molecular flexibility index (Phi) is 5.77. The molecule has 1 heterocycles. The largest absolute Gasteiger partial charge is 0.494 e. The first-order chi connectivity index (χ1) is 12.9. The summed E-state index contributed by atoms with van der Waals surface area (Å²) in [6, 6.07) is 8.11. The average Bonchev–Trinajstić information content (AvgIpc) is 3.07. The van der Waals surface area contributed by atoms with Gasteiger partial charge in [0.15, 0.2) is 5.75 Å². The van der Waals surface area contributed by atoms with E-state index in [1.807, 2.05) is 0 Å². The summed E-state index contributed by atoms with van der Waals surface area (Å²) in [6.45, 7) is 0.656. The molecule has 1 aliphatic heterocycles.